The molecule has 1 atom stereocenters. The van der Waals surface area contributed by atoms with Crippen molar-refractivity contribution in [2.75, 3.05) is 18.4 Å². The van der Waals surface area contributed by atoms with Crippen LogP contribution < -0.4 is 5.32 Å². The maximum atomic E-state index is 14.0. The SMILES string of the molecule is O=C(Nc1cccnc1)C1=NO[C@]2(CCCN(C(=O)c3ccccc3F)C2)C1. The highest BCUT2D eigenvalue weighted by Crippen LogP contribution is 2.34. The lowest BCUT2D eigenvalue weighted by Crippen LogP contribution is -2.51. The number of benzene rings is 1. The summed E-state index contributed by atoms with van der Waals surface area (Å²) in [6.45, 7) is 0.767. The second kappa shape index (κ2) is 7.38. The number of carbonyl (C=O) groups excluding carboxylic acids is 2. The highest BCUT2D eigenvalue weighted by molar-refractivity contribution is 6.43. The standard InChI is InChI=1S/C20H19FN4O3/c21-16-7-2-1-6-15(16)19(27)25-10-4-8-20(13-25)11-17(24-28-20)18(26)23-14-5-3-9-22-12-14/h1-3,5-7,9,12H,4,8,10-11,13H2,(H,23,26)/t20-/m1/s1. The molecule has 1 aromatic heterocycles. The quantitative estimate of drug-likeness (QED) is 0.885. The first-order valence-electron chi connectivity index (χ1n) is 9.07. The van der Waals surface area contributed by atoms with Gasteiger partial charge in [0.2, 0.25) is 0 Å². The minimum atomic E-state index is -0.749. The summed E-state index contributed by atoms with van der Waals surface area (Å²) in [5.74, 6) is -1.29. The second-order valence-corrected chi connectivity index (χ2v) is 6.99. The Morgan fingerprint density at radius 2 is 2.07 bits per heavy atom. The third kappa shape index (κ3) is 3.58. The number of hydrogen-bond donors (Lipinski definition) is 1. The number of oxime groups is 1. The molecule has 1 saturated heterocycles. The Morgan fingerprint density at radius 3 is 2.86 bits per heavy atom. The van der Waals surface area contributed by atoms with Crippen LogP contribution in [0.5, 0.6) is 0 Å². The van der Waals surface area contributed by atoms with Crippen LogP contribution in [0.15, 0.2) is 53.9 Å². The molecule has 1 fully saturated rings. The zero-order valence-electron chi connectivity index (χ0n) is 15.1. The molecule has 0 radical (unpaired) electrons. The lowest BCUT2D eigenvalue weighted by Gasteiger charge is -2.38. The van der Waals surface area contributed by atoms with Gasteiger partial charge in [0.1, 0.15) is 11.5 Å². The Kier molecular flexibility index (Phi) is 4.77. The van der Waals surface area contributed by atoms with Crippen molar-refractivity contribution in [2.24, 2.45) is 5.16 Å². The van der Waals surface area contributed by atoms with Gasteiger partial charge >= 0.3 is 0 Å². The Bertz CT molecular complexity index is 934. The van der Waals surface area contributed by atoms with E-state index in [1.165, 1.54) is 12.1 Å². The molecule has 0 unspecified atom stereocenters. The van der Waals surface area contributed by atoms with Crippen LogP contribution in [0.4, 0.5) is 10.1 Å². The lowest BCUT2D eigenvalue weighted by atomic mass is 9.87. The molecule has 8 heteroatoms. The Balaban J connectivity index is 1.43. The molecule has 1 aromatic carbocycles. The highest BCUT2D eigenvalue weighted by Gasteiger charge is 2.45. The number of nitrogens with one attached hydrogen (secondary N) is 1. The van der Waals surface area contributed by atoms with E-state index in [9.17, 15) is 14.0 Å². The summed E-state index contributed by atoms with van der Waals surface area (Å²) in [6.07, 6.45) is 4.80. The molecule has 144 valence electrons. The molecule has 0 saturated carbocycles. The number of hydrogen-bond acceptors (Lipinski definition) is 5. The van der Waals surface area contributed by atoms with Crippen molar-refractivity contribution in [1.29, 1.82) is 0 Å². The molecule has 2 aliphatic rings. The van der Waals surface area contributed by atoms with Gasteiger partial charge in [0.05, 0.1) is 24.0 Å². The van der Waals surface area contributed by atoms with E-state index >= 15 is 0 Å². The van der Waals surface area contributed by atoms with Gasteiger partial charge < -0.3 is 15.1 Å². The van der Waals surface area contributed by atoms with Crippen molar-refractivity contribution >= 4 is 23.2 Å². The van der Waals surface area contributed by atoms with Crippen molar-refractivity contribution in [3.05, 3.63) is 60.2 Å². The van der Waals surface area contributed by atoms with Crippen molar-refractivity contribution < 1.29 is 18.8 Å². The van der Waals surface area contributed by atoms with Gasteiger partial charge in [-0.1, -0.05) is 17.3 Å². The molecule has 7 nitrogen and oxygen atoms in total. The average molecular weight is 382 g/mol. The van der Waals surface area contributed by atoms with E-state index in [1.807, 2.05) is 0 Å². The molecule has 1 N–H and O–H groups in total. The minimum Gasteiger partial charge on any atom is -0.386 e. The predicted molar refractivity (Wildman–Crippen MR) is 100 cm³/mol. The molecular weight excluding hydrogens is 363 g/mol. The smallest absolute Gasteiger partial charge is 0.273 e. The lowest BCUT2D eigenvalue weighted by molar-refractivity contribution is -0.110. The van der Waals surface area contributed by atoms with Gasteiger partial charge in [-0.25, -0.2) is 4.39 Å². The normalized spacial score (nSPS) is 21.2. The van der Waals surface area contributed by atoms with E-state index in [0.29, 0.717) is 31.5 Å². The maximum absolute atomic E-state index is 14.0. The Labute approximate surface area is 161 Å². The third-order valence-corrected chi connectivity index (χ3v) is 4.95. The number of nitrogens with zero attached hydrogens (tertiary/aromatic N) is 3. The van der Waals surface area contributed by atoms with Gasteiger partial charge in [-0.05, 0) is 37.1 Å². The van der Waals surface area contributed by atoms with Crippen LogP contribution in [0.2, 0.25) is 0 Å². The van der Waals surface area contributed by atoms with Crippen LogP contribution in [-0.2, 0) is 9.63 Å². The van der Waals surface area contributed by atoms with E-state index in [2.05, 4.69) is 15.5 Å². The summed E-state index contributed by atoms with van der Waals surface area (Å²) < 4.78 is 14.0. The van der Waals surface area contributed by atoms with Crippen LogP contribution in [-0.4, -0.2) is 46.1 Å². The van der Waals surface area contributed by atoms with Crippen LogP contribution >= 0.6 is 0 Å². The number of pyridine rings is 1. The number of rotatable bonds is 3. The fourth-order valence-electron chi connectivity index (χ4n) is 3.58. The largest absolute Gasteiger partial charge is 0.386 e. The molecule has 0 aliphatic carbocycles. The number of piperidine rings is 1. The summed E-state index contributed by atoms with van der Waals surface area (Å²) in [5, 5.41) is 6.70. The Hall–Kier alpha value is -3.29. The van der Waals surface area contributed by atoms with Crippen molar-refractivity contribution in [3.8, 4) is 0 Å². The first-order valence-corrected chi connectivity index (χ1v) is 9.07. The predicted octanol–water partition coefficient (Wildman–Crippen LogP) is 2.61. The van der Waals surface area contributed by atoms with E-state index in [-0.39, 0.29) is 29.6 Å². The van der Waals surface area contributed by atoms with Gasteiger partial charge in [-0.15, -0.1) is 0 Å². The molecule has 1 spiro atoms. The topological polar surface area (TPSA) is 83.9 Å². The monoisotopic (exact) mass is 382 g/mol. The molecule has 28 heavy (non-hydrogen) atoms. The maximum Gasteiger partial charge on any atom is 0.273 e. The van der Waals surface area contributed by atoms with E-state index < -0.39 is 11.4 Å². The van der Waals surface area contributed by atoms with Crippen LogP contribution in [0.25, 0.3) is 0 Å². The fourth-order valence-corrected chi connectivity index (χ4v) is 3.58. The zero-order chi connectivity index (χ0) is 19.6. The Morgan fingerprint density at radius 1 is 1.21 bits per heavy atom. The summed E-state index contributed by atoms with van der Waals surface area (Å²) in [6, 6.07) is 9.36. The summed E-state index contributed by atoms with van der Waals surface area (Å²) in [7, 11) is 0. The molecule has 0 bridgehead atoms. The molecule has 3 heterocycles. The van der Waals surface area contributed by atoms with Crippen LogP contribution in [0.3, 0.4) is 0 Å². The van der Waals surface area contributed by atoms with Crippen molar-refractivity contribution in [3.63, 3.8) is 0 Å². The first-order chi connectivity index (χ1) is 13.6. The van der Waals surface area contributed by atoms with E-state index in [0.717, 1.165) is 0 Å². The summed E-state index contributed by atoms with van der Waals surface area (Å²) in [4.78, 5) is 36.3. The summed E-state index contributed by atoms with van der Waals surface area (Å²) in [5.41, 5.74) is 0.119. The van der Waals surface area contributed by atoms with Crippen LogP contribution in [0, 0.1) is 5.82 Å². The minimum absolute atomic E-state index is 0.0352. The number of carbonyl (C=O) groups is 2. The zero-order valence-corrected chi connectivity index (χ0v) is 15.1. The number of halogens is 1. The molecule has 2 amide bonds. The van der Waals surface area contributed by atoms with Gasteiger partial charge in [0.25, 0.3) is 11.8 Å². The van der Waals surface area contributed by atoms with Gasteiger partial charge in [-0.3, -0.25) is 14.6 Å². The van der Waals surface area contributed by atoms with Gasteiger partial charge in [0.15, 0.2) is 5.60 Å². The second-order valence-electron chi connectivity index (χ2n) is 6.99. The van der Waals surface area contributed by atoms with Crippen LogP contribution in [0.1, 0.15) is 29.6 Å². The molecular formula is C20H19FN4O3. The van der Waals surface area contributed by atoms with Gasteiger partial charge in [0, 0.05) is 19.2 Å². The molecule has 4 rings (SSSR count). The first kappa shape index (κ1) is 18.1. The van der Waals surface area contributed by atoms with E-state index in [1.54, 1.807) is 41.6 Å². The number of amides is 2. The summed E-state index contributed by atoms with van der Waals surface area (Å²) >= 11 is 0. The van der Waals surface area contributed by atoms with E-state index in [4.69, 9.17) is 4.84 Å². The van der Waals surface area contributed by atoms with Crippen molar-refractivity contribution in [2.45, 2.75) is 24.9 Å². The fraction of sp³-hybridized carbons (Fsp3) is 0.300. The van der Waals surface area contributed by atoms with Crippen molar-refractivity contribution in [1.82, 2.24) is 9.88 Å². The molecule has 2 aliphatic heterocycles. The number of likely N-dealkylation sites (tertiary alicyclic amines) is 1. The third-order valence-electron chi connectivity index (χ3n) is 4.95. The van der Waals surface area contributed by atoms with Gasteiger partial charge in [-0.2, -0.15) is 0 Å². The molecule has 2 aromatic rings. The highest BCUT2D eigenvalue weighted by atomic mass is 19.1. The average Bonchev–Trinajstić information content (AvgIpc) is 3.12. The number of aromatic nitrogens is 1. The number of anilines is 1.